The Balaban J connectivity index is 2.22. The van der Waals surface area contributed by atoms with Gasteiger partial charge < -0.3 is 9.84 Å². The van der Waals surface area contributed by atoms with Gasteiger partial charge >= 0.3 is 0 Å². The van der Waals surface area contributed by atoms with Gasteiger partial charge in [-0.3, -0.25) is 0 Å². The van der Waals surface area contributed by atoms with Gasteiger partial charge in [0.05, 0.1) is 5.60 Å². The predicted molar refractivity (Wildman–Crippen MR) is 68.8 cm³/mol. The van der Waals surface area contributed by atoms with E-state index in [4.69, 9.17) is 4.74 Å². The molecule has 1 N–H and O–H groups in total. The molecule has 1 aliphatic rings. The molecule has 1 fully saturated rings. The van der Waals surface area contributed by atoms with Gasteiger partial charge in [-0.15, -0.1) is 0 Å². The fraction of sp³-hybridized carbons (Fsp3) is 0.600. The standard InChI is InChI=1S/C15H21FO2/c1-18-15(10-4-2-3-5-11-15)14(17)12-6-8-13(16)9-7-12/h6-9,14,17H,2-5,10-11H2,1H3. The van der Waals surface area contributed by atoms with Crippen molar-refractivity contribution in [2.24, 2.45) is 0 Å². The molecule has 0 heterocycles. The maximum atomic E-state index is 12.9. The van der Waals surface area contributed by atoms with E-state index in [9.17, 15) is 9.50 Å². The summed E-state index contributed by atoms with van der Waals surface area (Å²) in [5.41, 5.74) is 0.231. The van der Waals surface area contributed by atoms with Crippen LogP contribution < -0.4 is 0 Å². The van der Waals surface area contributed by atoms with Gasteiger partial charge in [0, 0.05) is 7.11 Å². The van der Waals surface area contributed by atoms with Gasteiger partial charge in [-0.25, -0.2) is 4.39 Å². The van der Waals surface area contributed by atoms with E-state index in [1.807, 2.05) is 0 Å². The molecule has 0 aromatic heterocycles. The van der Waals surface area contributed by atoms with Crippen LogP contribution in [0.25, 0.3) is 0 Å². The van der Waals surface area contributed by atoms with Gasteiger partial charge in [-0.2, -0.15) is 0 Å². The maximum Gasteiger partial charge on any atom is 0.123 e. The Morgan fingerprint density at radius 1 is 1.11 bits per heavy atom. The van der Waals surface area contributed by atoms with Crippen LogP contribution in [0.1, 0.15) is 50.2 Å². The van der Waals surface area contributed by atoms with Gasteiger partial charge in [0.25, 0.3) is 0 Å². The molecule has 0 saturated heterocycles. The minimum atomic E-state index is -0.679. The molecule has 100 valence electrons. The third kappa shape index (κ3) is 2.73. The van der Waals surface area contributed by atoms with E-state index in [0.29, 0.717) is 0 Å². The molecule has 0 bridgehead atoms. The van der Waals surface area contributed by atoms with Crippen molar-refractivity contribution in [2.75, 3.05) is 7.11 Å². The summed E-state index contributed by atoms with van der Waals surface area (Å²) in [5.74, 6) is -0.279. The highest BCUT2D eigenvalue weighted by atomic mass is 19.1. The van der Waals surface area contributed by atoms with Gasteiger partial charge in [0.1, 0.15) is 11.9 Å². The highest BCUT2D eigenvalue weighted by Gasteiger charge is 2.39. The van der Waals surface area contributed by atoms with Gasteiger partial charge in [-0.05, 0) is 30.5 Å². The second-order valence-corrected chi connectivity index (χ2v) is 5.14. The van der Waals surface area contributed by atoms with E-state index in [1.165, 1.54) is 25.0 Å². The average molecular weight is 252 g/mol. The first kappa shape index (κ1) is 13.5. The third-order valence-electron chi connectivity index (χ3n) is 4.04. The number of rotatable bonds is 3. The highest BCUT2D eigenvalue weighted by Crippen LogP contribution is 2.40. The second kappa shape index (κ2) is 5.81. The van der Waals surface area contributed by atoms with Crippen LogP contribution in [0.4, 0.5) is 4.39 Å². The van der Waals surface area contributed by atoms with Crippen LogP contribution in [-0.4, -0.2) is 17.8 Å². The van der Waals surface area contributed by atoms with Gasteiger partial charge in [0.2, 0.25) is 0 Å². The molecule has 1 aromatic rings. The van der Waals surface area contributed by atoms with Crippen LogP contribution in [0.2, 0.25) is 0 Å². The molecule has 0 aliphatic heterocycles. The molecular formula is C15H21FO2. The molecule has 1 saturated carbocycles. The zero-order valence-corrected chi connectivity index (χ0v) is 10.9. The number of hydrogen-bond donors (Lipinski definition) is 1. The summed E-state index contributed by atoms with van der Waals surface area (Å²) in [6.45, 7) is 0. The summed E-state index contributed by atoms with van der Waals surface area (Å²) < 4.78 is 18.6. The highest BCUT2D eigenvalue weighted by molar-refractivity contribution is 5.21. The van der Waals surface area contributed by atoms with E-state index < -0.39 is 11.7 Å². The fourth-order valence-electron chi connectivity index (χ4n) is 2.87. The summed E-state index contributed by atoms with van der Waals surface area (Å²) in [6, 6.07) is 6.06. The first-order chi connectivity index (χ1) is 8.68. The first-order valence-corrected chi connectivity index (χ1v) is 6.67. The van der Waals surface area contributed by atoms with E-state index >= 15 is 0 Å². The largest absolute Gasteiger partial charge is 0.385 e. The van der Waals surface area contributed by atoms with Crippen molar-refractivity contribution in [3.05, 3.63) is 35.6 Å². The minimum Gasteiger partial charge on any atom is -0.385 e. The Kier molecular flexibility index (Phi) is 4.36. The maximum absolute atomic E-state index is 12.9. The lowest BCUT2D eigenvalue weighted by Gasteiger charge is -2.36. The van der Waals surface area contributed by atoms with Crippen molar-refractivity contribution in [2.45, 2.75) is 50.2 Å². The monoisotopic (exact) mass is 252 g/mol. The fourth-order valence-corrected chi connectivity index (χ4v) is 2.87. The normalized spacial score (nSPS) is 21.3. The predicted octanol–water partition coefficient (Wildman–Crippen LogP) is 3.60. The summed E-state index contributed by atoms with van der Waals surface area (Å²) in [5, 5.41) is 10.6. The average Bonchev–Trinajstić information content (AvgIpc) is 2.65. The van der Waals surface area contributed by atoms with Crippen molar-refractivity contribution in [1.29, 1.82) is 0 Å². The summed E-state index contributed by atoms with van der Waals surface area (Å²) in [4.78, 5) is 0. The molecule has 1 aliphatic carbocycles. The molecule has 1 aromatic carbocycles. The molecule has 3 heteroatoms. The molecule has 1 atom stereocenters. The Hall–Kier alpha value is -0.930. The van der Waals surface area contributed by atoms with Crippen molar-refractivity contribution >= 4 is 0 Å². The molecule has 0 radical (unpaired) electrons. The zero-order chi connectivity index (χ0) is 13.0. The molecule has 0 amide bonds. The zero-order valence-electron chi connectivity index (χ0n) is 10.9. The van der Waals surface area contributed by atoms with Crippen LogP contribution in [0.15, 0.2) is 24.3 Å². The van der Waals surface area contributed by atoms with Crippen molar-refractivity contribution in [3.63, 3.8) is 0 Å². The molecule has 2 rings (SSSR count). The van der Waals surface area contributed by atoms with E-state index in [2.05, 4.69) is 0 Å². The van der Waals surface area contributed by atoms with Crippen LogP contribution >= 0.6 is 0 Å². The van der Waals surface area contributed by atoms with Gasteiger partial charge in [-0.1, -0.05) is 37.8 Å². The number of hydrogen-bond acceptors (Lipinski definition) is 2. The second-order valence-electron chi connectivity index (χ2n) is 5.14. The molecule has 2 nitrogen and oxygen atoms in total. The first-order valence-electron chi connectivity index (χ1n) is 6.67. The quantitative estimate of drug-likeness (QED) is 0.833. The summed E-state index contributed by atoms with van der Waals surface area (Å²) in [7, 11) is 1.66. The Labute approximate surface area is 108 Å². The molecular weight excluding hydrogens is 231 g/mol. The lowest BCUT2D eigenvalue weighted by molar-refractivity contribution is -0.114. The van der Waals surface area contributed by atoms with Crippen LogP contribution in [0, 0.1) is 5.82 Å². The molecule has 0 spiro atoms. The number of aliphatic hydroxyl groups excluding tert-OH is 1. The number of methoxy groups -OCH3 is 1. The minimum absolute atomic E-state index is 0.279. The Morgan fingerprint density at radius 2 is 1.67 bits per heavy atom. The van der Waals surface area contributed by atoms with Gasteiger partial charge in [0.15, 0.2) is 0 Å². The lowest BCUT2D eigenvalue weighted by atomic mass is 9.84. The third-order valence-corrected chi connectivity index (χ3v) is 4.04. The van der Waals surface area contributed by atoms with Crippen LogP contribution in [-0.2, 0) is 4.74 Å². The summed E-state index contributed by atoms with van der Waals surface area (Å²) >= 11 is 0. The Morgan fingerprint density at radius 3 is 2.17 bits per heavy atom. The van der Waals surface area contributed by atoms with E-state index in [0.717, 1.165) is 31.2 Å². The number of ether oxygens (including phenoxy) is 1. The SMILES string of the molecule is COC1(C(O)c2ccc(F)cc2)CCCCCC1. The van der Waals surface area contributed by atoms with Crippen LogP contribution in [0.5, 0.6) is 0 Å². The molecule has 1 unspecified atom stereocenters. The van der Waals surface area contributed by atoms with Crippen LogP contribution in [0.3, 0.4) is 0 Å². The number of aliphatic hydroxyl groups is 1. The van der Waals surface area contributed by atoms with E-state index in [-0.39, 0.29) is 5.82 Å². The van der Waals surface area contributed by atoms with E-state index in [1.54, 1.807) is 19.2 Å². The smallest absolute Gasteiger partial charge is 0.123 e. The Bertz CT molecular complexity index is 367. The number of benzene rings is 1. The number of halogens is 1. The van der Waals surface area contributed by atoms with Crippen molar-refractivity contribution in [1.82, 2.24) is 0 Å². The topological polar surface area (TPSA) is 29.5 Å². The van der Waals surface area contributed by atoms with Crippen molar-refractivity contribution < 1.29 is 14.2 Å². The molecule has 18 heavy (non-hydrogen) atoms. The summed E-state index contributed by atoms with van der Waals surface area (Å²) in [6.07, 6.45) is 5.59. The van der Waals surface area contributed by atoms with Crippen molar-refractivity contribution in [3.8, 4) is 0 Å². The lowest BCUT2D eigenvalue weighted by Crippen LogP contribution is -2.38.